The highest BCUT2D eigenvalue weighted by Crippen LogP contribution is 2.36. The lowest BCUT2D eigenvalue weighted by Gasteiger charge is -2.38. The molecule has 0 aromatic carbocycles. The summed E-state index contributed by atoms with van der Waals surface area (Å²) in [5, 5.41) is 0. The maximum Gasteiger partial charge on any atom is 0.395 e. The van der Waals surface area contributed by atoms with Crippen LogP contribution < -0.4 is 5.73 Å². The Kier molecular flexibility index (Phi) is 6.12. The molecule has 1 rings (SSSR count). The van der Waals surface area contributed by atoms with Gasteiger partial charge >= 0.3 is 6.18 Å². The smallest absolute Gasteiger partial charge is 0.377 e. The van der Waals surface area contributed by atoms with Crippen LogP contribution in [0.2, 0.25) is 0 Å². The fourth-order valence-corrected chi connectivity index (χ4v) is 2.84. The van der Waals surface area contributed by atoms with Crippen molar-refractivity contribution in [2.75, 3.05) is 13.2 Å². The van der Waals surface area contributed by atoms with E-state index in [9.17, 15) is 13.2 Å². The number of hydrogen-bond donors (Lipinski definition) is 1. The summed E-state index contributed by atoms with van der Waals surface area (Å²) in [4.78, 5) is 0. The quantitative estimate of drug-likeness (QED) is 0.835. The molecule has 1 aliphatic carbocycles. The minimum absolute atomic E-state index is 0.0554. The van der Waals surface area contributed by atoms with Gasteiger partial charge in [0.2, 0.25) is 0 Å². The summed E-state index contributed by atoms with van der Waals surface area (Å²) >= 11 is 0. The molecule has 5 heteroatoms. The third-order valence-corrected chi connectivity index (χ3v) is 4.22. The van der Waals surface area contributed by atoms with Crippen molar-refractivity contribution in [2.24, 2.45) is 29.4 Å². The Bertz CT molecular complexity index is 268. The van der Waals surface area contributed by atoms with Crippen molar-refractivity contribution in [2.45, 2.75) is 52.3 Å². The van der Waals surface area contributed by atoms with Crippen LogP contribution in [0.15, 0.2) is 0 Å². The van der Waals surface area contributed by atoms with Crippen molar-refractivity contribution in [3.8, 4) is 0 Å². The maximum absolute atomic E-state index is 12.6. The molecular weight excluding hydrogens is 255 g/mol. The van der Waals surface area contributed by atoms with Crippen molar-refractivity contribution in [3.63, 3.8) is 0 Å². The van der Waals surface area contributed by atoms with Crippen LogP contribution in [0.1, 0.15) is 40.0 Å². The highest BCUT2D eigenvalue weighted by molar-refractivity contribution is 4.82. The monoisotopic (exact) mass is 281 g/mol. The van der Waals surface area contributed by atoms with Crippen LogP contribution in [0.4, 0.5) is 13.2 Å². The lowest BCUT2D eigenvalue weighted by Crippen LogP contribution is -2.39. The SMILES string of the molecule is CC1CCC(C(C)C)C(OCC(CN)C(F)(F)F)C1. The Morgan fingerprint density at radius 3 is 2.37 bits per heavy atom. The standard InChI is InChI=1S/C14H26F3NO/c1-9(2)12-5-4-10(3)6-13(12)19-8-11(7-18)14(15,16)17/h9-13H,4-8,18H2,1-3H3. The van der Waals surface area contributed by atoms with E-state index < -0.39 is 18.6 Å². The number of halogens is 3. The molecule has 19 heavy (non-hydrogen) atoms. The zero-order valence-electron chi connectivity index (χ0n) is 12.0. The predicted octanol–water partition coefficient (Wildman–Crippen LogP) is 3.60. The summed E-state index contributed by atoms with van der Waals surface area (Å²) in [6.07, 6.45) is -1.27. The molecule has 0 radical (unpaired) electrons. The first-order valence-corrected chi connectivity index (χ1v) is 7.14. The fourth-order valence-electron chi connectivity index (χ4n) is 2.84. The normalized spacial score (nSPS) is 30.6. The molecule has 0 saturated heterocycles. The summed E-state index contributed by atoms with van der Waals surface area (Å²) in [6, 6.07) is 0. The maximum atomic E-state index is 12.6. The topological polar surface area (TPSA) is 35.2 Å². The molecule has 0 bridgehead atoms. The zero-order valence-corrected chi connectivity index (χ0v) is 12.0. The molecule has 0 aromatic heterocycles. The Morgan fingerprint density at radius 1 is 1.26 bits per heavy atom. The predicted molar refractivity (Wildman–Crippen MR) is 69.7 cm³/mol. The fraction of sp³-hybridized carbons (Fsp3) is 1.00. The second-order valence-corrected chi connectivity index (χ2v) is 6.17. The first-order valence-electron chi connectivity index (χ1n) is 7.14. The Morgan fingerprint density at radius 2 is 1.89 bits per heavy atom. The Labute approximate surface area is 113 Å². The summed E-state index contributed by atoms with van der Waals surface area (Å²) in [5.41, 5.74) is 5.20. The molecule has 0 heterocycles. The highest BCUT2D eigenvalue weighted by atomic mass is 19.4. The van der Waals surface area contributed by atoms with Crippen molar-refractivity contribution in [1.82, 2.24) is 0 Å². The van der Waals surface area contributed by atoms with E-state index in [4.69, 9.17) is 10.5 Å². The average Bonchev–Trinajstić information content (AvgIpc) is 2.27. The molecule has 0 aromatic rings. The second-order valence-electron chi connectivity index (χ2n) is 6.17. The van der Waals surface area contributed by atoms with E-state index >= 15 is 0 Å². The Balaban J connectivity index is 2.56. The van der Waals surface area contributed by atoms with Gasteiger partial charge in [-0.1, -0.05) is 27.2 Å². The van der Waals surface area contributed by atoms with Crippen LogP contribution in [0.3, 0.4) is 0 Å². The third-order valence-electron chi connectivity index (χ3n) is 4.22. The summed E-state index contributed by atoms with van der Waals surface area (Å²) in [6.45, 7) is 5.65. The molecule has 2 N–H and O–H groups in total. The lowest BCUT2D eigenvalue weighted by molar-refractivity contribution is -0.194. The minimum atomic E-state index is -4.26. The number of ether oxygens (including phenoxy) is 1. The summed E-state index contributed by atoms with van der Waals surface area (Å²) in [5.74, 6) is -0.206. The Hall–Kier alpha value is -0.290. The van der Waals surface area contributed by atoms with Crippen LogP contribution in [-0.2, 0) is 4.74 Å². The number of rotatable bonds is 5. The van der Waals surface area contributed by atoms with Crippen molar-refractivity contribution in [1.29, 1.82) is 0 Å². The van der Waals surface area contributed by atoms with Gasteiger partial charge in [-0.2, -0.15) is 13.2 Å². The van der Waals surface area contributed by atoms with Crippen molar-refractivity contribution >= 4 is 0 Å². The van der Waals surface area contributed by atoms with E-state index in [2.05, 4.69) is 20.8 Å². The molecule has 4 atom stereocenters. The molecule has 4 unspecified atom stereocenters. The second kappa shape index (κ2) is 6.93. The van der Waals surface area contributed by atoms with Crippen molar-refractivity contribution < 1.29 is 17.9 Å². The van der Waals surface area contributed by atoms with Crippen LogP contribution in [0, 0.1) is 23.7 Å². The summed E-state index contributed by atoms with van der Waals surface area (Å²) < 4.78 is 43.5. The number of alkyl halides is 3. The van der Waals surface area contributed by atoms with Crippen LogP contribution in [-0.4, -0.2) is 25.4 Å². The third kappa shape index (κ3) is 4.95. The van der Waals surface area contributed by atoms with Gasteiger partial charge in [0.05, 0.1) is 18.6 Å². The molecule has 1 saturated carbocycles. The molecule has 1 fully saturated rings. The summed E-state index contributed by atoms with van der Waals surface area (Å²) in [7, 11) is 0. The van der Waals surface area contributed by atoms with Gasteiger partial charge < -0.3 is 10.5 Å². The van der Waals surface area contributed by atoms with Gasteiger partial charge in [-0.15, -0.1) is 0 Å². The largest absolute Gasteiger partial charge is 0.395 e. The average molecular weight is 281 g/mol. The molecule has 1 aliphatic rings. The van der Waals surface area contributed by atoms with E-state index in [-0.39, 0.29) is 12.7 Å². The first kappa shape index (κ1) is 16.8. The number of nitrogens with two attached hydrogens (primary N) is 1. The molecule has 2 nitrogen and oxygen atoms in total. The van der Waals surface area contributed by atoms with Gasteiger partial charge in [0.15, 0.2) is 0 Å². The molecule has 0 spiro atoms. The van der Waals surface area contributed by atoms with Gasteiger partial charge in [0, 0.05) is 6.54 Å². The lowest BCUT2D eigenvalue weighted by atomic mass is 9.75. The van der Waals surface area contributed by atoms with E-state index in [0.717, 1.165) is 19.3 Å². The minimum Gasteiger partial charge on any atom is -0.377 e. The number of hydrogen-bond acceptors (Lipinski definition) is 2. The molecule has 0 aliphatic heterocycles. The first-order chi connectivity index (χ1) is 8.75. The van der Waals surface area contributed by atoms with E-state index in [0.29, 0.717) is 17.8 Å². The van der Waals surface area contributed by atoms with Crippen LogP contribution in [0.5, 0.6) is 0 Å². The van der Waals surface area contributed by atoms with Crippen molar-refractivity contribution in [3.05, 3.63) is 0 Å². The van der Waals surface area contributed by atoms with Gasteiger partial charge in [0.25, 0.3) is 0 Å². The van der Waals surface area contributed by atoms with Crippen LogP contribution >= 0.6 is 0 Å². The van der Waals surface area contributed by atoms with Gasteiger partial charge in [0.1, 0.15) is 0 Å². The van der Waals surface area contributed by atoms with Gasteiger partial charge in [-0.3, -0.25) is 0 Å². The highest BCUT2D eigenvalue weighted by Gasteiger charge is 2.40. The van der Waals surface area contributed by atoms with E-state index in [1.165, 1.54) is 0 Å². The zero-order chi connectivity index (χ0) is 14.6. The molecule has 114 valence electrons. The molecular formula is C14H26F3NO. The van der Waals surface area contributed by atoms with E-state index in [1.807, 2.05) is 0 Å². The van der Waals surface area contributed by atoms with Crippen LogP contribution in [0.25, 0.3) is 0 Å². The van der Waals surface area contributed by atoms with Gasteiger partial charge in [-0.05, 0) is 30.6 Å². The van der Waals surface area contributed by atoms with Gasteiger partial charge in [-0.25, -0.2) is 0 Å². The molecule has 0 amide bonds. The van der Waals surface area contributed by atoms with E-state index in [1.54, 1.807) is 0 Å².